The highest BCUT2D eigenvalue weighted by Crippen LogP contribution is 2.36. The molecular weight excluding hydrogens is 232 g/mol. The molecular formula is C12H16N4O2. The molecule has 1 atom stereocenters. The van der Waals surface area contributed by atoms with E-state index in [2.05, 4.69) is 15.5 Å². The van der Waals surface area contributed by atoms with Gasteiger partial charge in [0.2, 0.25) is 0 Å². The normalized spacial score (nSPS) is 26.1. The van der Waals surface area contributed by atoms with Crippen molar-refractivity contribution in [3.63, 3.8) is 0 Å². The maximum atomic E-state index is 12.3. The Morgan fingerprint density at radius 1 is 1.44 bits per heavy atom. The zero-order valence-corrected chi connectivity index (χ0v) is 10.5. The number of hydrogen-bond donors (Lipinski definition) is 2. The number of amides is 3. The highest BCUT2D eigenvalue weighted by Gasteiger charge is 2.48. The van der Waals surface area contributed by atoms with E-state index in [4.69, 9.17) is 0 Å². The number of aromatic nitrogens is 2. The number of urea groups is 1. The first-order chi connectivity index (χ1) is 8.50. The monoisotopic (exact) mass is 248 g/mol. The van der Waals surface area contributed by atoms with Crippen molar-refractivity contribution in [2.45, 2.75) is 44.7 Å². The van der Waals surface area contributed by atoms with Crippen LogP contribution >= 0.6 is 0 Å². The second-order valence-corrected chi connectivity index (χ2v) is 5.45. The lowest BCUT2D eigenvalue weighted by Gasteiger charge is -2.29. The first-order valence-corrected chi connectivity index (χ1v) is 6.18. The van der Waals surface area contributed by atoms with Gasteiger partial charge in [0.15, 0.2) is 0 Å². The number of nitrogens with zero attached hydrogens (tertiary/aromatic N) is 2. The average molecular weight is 248 g/mol. The molecule has 6 heteroatoms. The Balaban J connectivity index is 1.98. The summed E-state index contributed by atoms with van der Waals surface area (Å²) in [6.45, 7) is 3.45. The summed E-state index contributed by atoms with van der Waals surface area (Å²) in [6, 6.07) is -0.511. The topological polar surface area (TPSA) is 78.1 Å². The molecule has 0 aromatic carbocycles. The minimum absolute atomic E-state index is 0.167. The molecule has 1 aromatic rings. The van der Waals surface area contributed by atoms with Crippen LogP contribution in [0.15, 0.2) is 6.20 Å². The molecule has 3 rings (SSSR count). The van der Waals surface area contributed by atoms with Gasteiger partial charge in [-0.3, -0.25) is 14.8 Å². The molecule has 0 radical (unpaired) electrons. The predicted octanol–water partition coefficient (Wildman–Crippen LogP) is 1.12. The Kier molecular flexibility index (Phi) is 2.23. The number of aromatic amines is 1. The minimum atomic E-state index is -0.811. The van der Waals surface area contributed by atoms with Crippen LogP contribution in [0.1, 0.15) is 44.0 Å². The molecule has 96 valence electrons. The van der Waals surface area contributed by atoms with Gasteiger partial charge in [-0.1, -0.05) is 0 Å². The van der Waals surface area contributed by atoms with E-state index in [0.717, 1.165) is 30.5 Å². The van der Waals surface area contributed by atoms with Crippen molar-refractivity contribution >= 4 is 11.9 Å². The fourth-order valence-corrected chi connectivity index (χ4v) is 2.75. The molecule has 2 heterocycles. The summed E-state index contributed by atoms with van der Waals surface area (Å²) in [5.74, 6) is -0.167. The quantitative estimate of drug-likeness (QED) is 0.731. The first kappa shape index (κ1) is 11.3. The van der Waals surface area contributed by atoms with Crippen molar-refractivity contribution in [1.82, 2.24) is 20.4 Å². The Hall–Kier alpha value is -1.85. The third-order valence-corrected chi connectivity index (χ3v) is 3.71. The molecule has 1 aliphatic carbocycles. The van der Waals surface area contributed by atoms with E-state index < -0.39 is 5.54 Å². The Morgan fingerprint density at radius 3 is 2.89 bits per heavy atom. The fourth-order valence-electron chi connectivity index (χ4n) is 2.75. The highest BCUT2D eigenvalue weighted by molar-refractivity contribution is 6.06. The molecule has 0 saturated carbocycles. The molecule has 1 unspecified atom stereocenters. The number of rotatable bonds is 1. The zero-order valence-electron chi connectivity index (χ0n) is 10.5. The lowest BCUT2D eigenvalue weighted by atomic mass is 9.92. The van der Waals surface area contributed by atoms with Crippen LogP contribution in [0.25, 0.3) is 0 Å². The van der Waals surface area contributed by atoms with E-state index in [1.54, 1.807) is 20.0 Å². The summed E-state index contributed by atoms with van der Waals surface area (Å²) in [5, 5.41) is 9.66. The van der Waals surface area contributed by atoms with Crippen molar-refractivity contribution in [2.24, 2.45) is 0 Å². The maximum Gasteiger partial charge on any atom is 0.325 e. The summed E-state index contributed by atoms with van der Waals surface area (Å²) in [5.41, 5.74) is 1.20. The summed E-state index contributed by atoms with van der Waals surface area (Å²) in [7, 11) is 0. The van der Waals surface area contributed by atoms with E-state index in [0.29, 0.717) is 0 Å². The molecule has 6 nitrogen and oxygen atoms in total. The number of carbonyl (C=O) groups is 2. The van der Waals surface area contributed by atoms with Gasteiger partial charge < -0.3 is 5.32 Å². The van der Waals surface area contributed by atoms with Gasteiger partial charge in [0.1, 0.15) is 5.54 Å². The number of H-pyrrole nitrogens is 1. The van der Waals surface area contributed by atoms with E-state index in [1.807, 2.05) is 0 Å². The van der Waals surface area contributed by atoms with Crippen LogP contribution in [0.4, 0.5) is 4.79 Å². The van der Waals surface area contributed by atoms with Gasteiger partial charge in [-0.2, -0.15) is 5.10 Å². The van der Waals surface area contributed by atoms with Crippen LogP contribution in [-0.2, 0) is 11.2 Å². The van der Waals surface area contributed by atoms with E-state index in [-0.39, 0.29) is 18.0 Å². The number of imide groups is 1. The van der Waals surface area contributed by atoms with Crippen LogP contribution in [0.2, 0.25) is 0 Å². The van der Waals surface area contributed by atoms with E-state index in [1.165, 1.54) is 4.90 Å². The summed E-state index contributed by atoms with van der Waals surface area (Å²) >= 11 is 0. The number of carbonyl (C=O) groups excluding carboxylic acids is 2. The smallest absolute Gasteiger partial charge is 0.324 e. The van der Waals surface area contributed by atoms with Crippen molar-refractivity contribution in [2.75, 3.05) is 0 Å². The maximum absolute atomic E-state index is 12.3. The predicted molar refractivity (Wildman–Crippen MR) is 63.7 cm³/mol. The third-order valence-electron chi connectivity index (χ3n) is 3.71. The lowest BCUT2D eigenvalue weighted by molar-refractivity contribution is -0.132. The van der Waals surface area contributed by atoms with Gasteiger partial charge in [0.25, 0.3) is 5.91 Å². The van der Waals surface area contributed by atoms with Crippen LogP contribution in [0, 0.1) is 0 Å². The lowest BCUT2D eigenvalue weighted by Crippen LogP contribution is -2.41. The molecule has 1 saturated heterocycles. The van der Waals surface area contributed by atoms with Crippen molar-refractivity contribution < 1.29 is 9.59 Å². The largest absolute Gasteiger partial charge is 0.325 e. The van der Waals surface area contributed by atoms with Crippen LogP contribution in [0.3, 0.4) is 0 Å². The number of nitrogens with one attached hydrogen (secondary N) is 2. The molecule has 3 amide bonds. The number of hydrogen-bond acceptors (Lipinski definition) is 3. The van der Waals surface area contributed by atoms with Gasteiger partial charge in [0.05, 0.1) is 17.9 Å². The minimum Gasteiger partial charge on any atom is -0.324 e. The molecule has 1 aromatic heterocycles. The van der Waals surface area contributed by atoms with Crippen LogP contribution in [0.5, 0.6) is 0 Å². The number of aryl methyl sites for hydroxylation is 1. The van der Waals surface area contributed by atoms with Gasteiger partial charge in [-0.15, -0.1) is 0 Å². The molecule has 2 N–H and O–H groups in total. The van der Waals surface area contributed by atoms with Crippen LogP contribution in [-0.4, -0.2) is 32.6 Å². The zero-order chi connectivity index (χ0) is 12.9. The van der Waals surface area contributed by atoms with Gasteiger partial charge in [-0.05, 0) is 38.7 Å². The first-order valence-electron chi connectivity index (χ1n) is 6.18. The molecule has 1 fully saturated rings. The molecule has 18 heavy (non-hydrogen) atoms. The third kappa shape index (κ3) is 1.45. The van der Waals surface area contributed by atoms with Crippen LogP contribution < -0.4 is 5.32 Å². The van der Waals surface area contributed by atoms with E-state index >= 15 is 0 Å². The van der Waals surface area contributed by atoms with E-state index in [9.17, 15) is 9.59 Å². The molecule has 0 bridgehead atoms. The molecule has 1 aliphatic heterocycles. The van der Waals surface area contributed by atoms with Gasteiger partial charge in [-0.25, -0.2) is 4.79 Å². The summed E-state index contributed by atoms with van der Waals surface area (Å²) < 4.78 is 0. The Labute approximate surface area is 105 Å². The standard InChI is InChI=1S/C12H16N4O2/c1-12(2)10(17)16(11(18)14-12)8-5-3-4-7-6-13-15-9(7)8/h6,8H,3-5H2,1-2H3,(H,13,15)(H,14,18). The summed E-state index contributed by atoms with van der Waals surface area (Å²) in [6.07, 6.45) is 4.50. The van der Waals surface area contributed by atoms with Crippen molar-refractivity contribution in [1.29, 1.82) is 0 Å². The fraction of sp³-hybridized carbons (Fsp3) is 0.583. The Morgan fingerprint density at radius 2 is 2.22 bits per heavy atom. The number of fused-ring (bicyclic) bond motifs is 1. The van der Waals surface area contributed by atoms with Crippen molar-refractivity contribution in [3.8, 4) is 0 Å². The summed E-state index contributed by atoms with van der Waals surface area (Å²) in [4.78, 5) is 25.6. The SMILES string of the molecule is CC1(C)NC(=O)N(C2CCCc3cn[nH]c32)C1=O. The van der Waals surface area contributed by atoms with Crippen molar-refractivity contribution in [3.05, 3.63) is 17.5 Å². The molecule has 2 aliphatic rings. The molecule has 0 spiro atoms. The average Bonchev–Trinajstić information content (AvgIpc) is 2.83. The van der Waals surface area contributed by atoms with Gasteiger partial charge in [0, 0.05) is 0 Å². The second kappa shape index (κ2) is 3.57. The highest BCUT2D eigenvalue weighted by atomic mass is 16.2. The Bertz CT molecular complexity index is 520. The van der Waals surface area contributed by atoms with Gasteiger partial charge >= 0.3 is 6.03 Å². The second-order valence-electron chi connectivity index (χ2n) is 5.45.